The van der Waals surface area contributed by atoms with Crippen molar-refractivity contribution in [1.29, 1.82) is 0 Å². The number of fused-ring (bicyclic) bond motifs is 1. The number of amides is 1. The summed E-state index contributed by atoms with van der Waals surface area (Å²) in [6, 6.07) is 11.3. The molecule has 2 atom stereocenters. The molecule has 1 aliphatic rings. The lowest BCUT2D eigenvalue weighted by atomic mass is 10.1. The van der Waals surface area contributed by atoms with Crippen molar-refractivity contribution in [3.63, 3.8) is 0 Å². The molecule has 2 aromatic carbocycles. The minimum Gasteiger partial charge on any atom is -0.482 e. The number of rotatable bonds is 2. The van der Waals surface area contributed by atoms with Crippen LogP contribution in [0.1, 0.15) is 12.5 Å². The summed E-state index contributed by atoms with van der Waals surface area (Å²) >= 11 is 0. The van der Waals surface area contributed by atoms with Gasteiger partial charge in [0, 0.05) is 5.69 Å². The molecule has 1 amide bonds. The Kier molecular flexibility index (Phi) is 4.09. The van der Waals surface area contributed by atoms with E-state index in [4.69, 9.17) is 9.47 Å². The van der Waals surface area contributed by atoms with Crippen LogP contribution in [0.3, 0.4) is 0 Å². The van der Waals surface area contributed by atoms with Gasteiger partial charge in [0.2, 0.25) is 6.10 Å². The Balaban J connectivity index is 1.76. The summed E-state index contributed by atoms with van der Waals surface area (Å²) in [5, 5.41) is 2.44. The highest BCUT2D eigenvalue weighted by atomic mass is 19.4. The van der Waals surface area contributed by atoms with Gasteiger partial charge in [0.1, 0.15) is 6.10 Å². The number of alkyl halides is 3. The van der Waals surface area contributed by atoms with Crippen LogP contribution in [0, 0.1) is 0 Å². The van der Waals surface area contributed by atoms with E-state index in [0.717, 1.165) is 12.1 Å². The number of para-hydroxylation sites is 2. The van der Waals surface area contributed by atoms with Crippen LogP contribution in [-0.2, 0) is 11.0 Å². The lowest BCUT2D eigenvalue weighted by Crippen LogP contribution is -2.46. The molecule has 0 saturated carbocycles. The minimum atomic E-state index is -4.47. The zero-order valence-corrected chi connectivity index (χ0v) is 12.6. The first-order valence-corrected chi connectivity index (χ1v) is 7.25. The topological polar surface area (TPSA) is 47.6 Å². The maximum absolute atomic E-state index is 12.7. The normalized spacial score (nSPS) is 19.7. The molecule has 1 aliphatic heterocycles. The van der Waals surface area contributed by atoms with Crippen LogP contribution in [0.4, 0.5) is 18.9 Å². The predicted octanol–water partition coefficient (Wildman–Crippen LogP) is 3.87. The zero-order chi connectivity index (χ0) is 17.3. The van der Waals surface area contributed by atoms with Gasteiger partial charge in [-0.2, -0.15) is 13.2 Å². The monoisotopic (exact) mass is 337 g/mol. The summed E-state index contributed by atoms with van der Waals surface area (Å²) in [4.78, 5) is 12.4. The number of anilines is 1. The molecule has 1 N–H and O–H groups in total. The van der Waals surface area contributed by atoms with Crippen LogP contribution in [0.2, 0.25) is 0 Å². The molecule has 0 fully saturated rings. The number of hydrogen-bond acceptors (Lipinski definition) is 3. The molecule has 0 aromatic heterocycles. The van der Waals surface area contributed by atoms with Crippen molar-refractivity contribution >= 4 is 11.6 Å². The second kappa shape index (κ2) is 6.07. The van der Waals surface area contributed by atoms with Crippen molar-refractivity contribution in [3.8, 4) is 11.5 Å². The largest absolute Gasteiger partial charge is 0.482 e. The van der Waals surface area contributed by atoms with Crippen LogP contribution in [0.15, 0.2) is 48.5 Å². The summed E-state index contributed by atoms with van der Waals surface area (Å²) in [7, 11) is 0. The minimum absolute atomic E-state index is 0.0458. The number of nitrogens with one attached hydrogen (secondary N) is 1. The molecule has 1 heterocycles. The van der Waals surface area contributed by atoms with Gasteiger partial charge in [-0.25, -0.2) is 0 Å². The van der Waals surface area contributed by atoms with Crippen LogP contribution >= 0.6 is 0 Å². The Bertz CT molecular complexity index is 761. The van der Waals surface area contributed by atoms with Gasteiger partial charge >= 0.3 is 6.18 Å². The van der Waals surface area contributed by atoms with Crippen LogP contribution in [-0.4, -0.2) is 18.1 Å². The Hall–Kier alpha value is -2.70. The number of carbonyl (C=O) groups is 1. The average Bonchev–Trinajstić information content (AvgIpc) is 2.53. The van der Waals surface area contributed by atoms with Gasteiger partial charge in [-0.15, -0.1) is 0 Å². The summed E-state index contributed by atoms with van der Waals surface area (Å²) in [5.41, 5.74) is -0.788. The smallest absolute Gasteiger partial charge is 0.416 e. The highest BCUT2D eigenvalue weighted by molar-refractivity contribution is 5.95. The van der Waals surface area contributed by atoms with Gasteiger partial charge < -0.3 is 14.8 Å². The number of carbonyl (C=O) groups excluding carboxylic acids is 1. The molecular weight excluding hydrogens is 323 g/mol. The van der Waals surface area contributed by atoms with Crippen molar-refractivity contribution in [2.45, 2.75) is 25.3 Å². The molecule has 2 aromatic rings. The van der Waals surface area contributed by atoms with E-state index in [9.17, 15) is 18.0 Å². The second-order valence-corrected chi connectivity index (χ2v) is 5.38. The summed E-state index contributed by atoms with van der Waals surface area (Å²) < 4.78 is 49.4. The van der Waals surface area contributed by atoms with E-state index in [-0.39, 0.29) is 5.69 Å². The first-order chi connectivity index (χ1) is 11.3. The van der Waals surface area contributed by atoms with E-state index in [1.807, 2.05) is 0 Å². The molecule has 7 heteroatoms. The highest BCUT2D eigenvalue weighted by Crippen LogP contribution is 2.34. The third-order valence-corrected chi connectivity index (χ3v) is 3.56. The van der Waals surface area contributed by atoms with Crippen LogP contribution < -0.4 is 14.8 Å². The molecule has 0 unspecified atom stereocenters. The number of halogens is 3. The summed E-state index contributed by atoms with van der Waals surface area (Å²) in [6.45, 7) is 1.66. The van der Waals surface area contributed by atoms with Gasteiger partial charge in [0.15, 0.2) is 11.5 Å². The SMILES string of the molecule is C[C@H]1Oc2ccccc2O[C@@H]1C(=O)Nc1cccc(C(F)(F)F)c1. The van der Waals surface area contributed by atoms with Crippen molar-refractivity contribution in [2.24, 2.45) is 0 Å². The van der Waals surface area contributed by atoms with Gasteiger partial charge in [0.05, 0.1) is 5.56 Å². The average molecular weight is 337 g/mol. The maximum atomic E-state index is 12.7. The number of ether oxygens (including phenoxy) is 2. The molecule has 24 heavy (non-hydrogen) atoms. The highest BCUT2D eigenvalue weighted by Gasteiger charge is 2.35. The van der Waals surface area contributed by atoms with E-state index >= 15 is 0 Å². The lowest BCUT2D eigenvalue weighted by molar-refractivity contribution is -0.137. The molecule has 126 valence electrons. The van der Waals surface area contributed by atoms with Crippen LogP contribution in [0.5, 0.6) is 11.5 Å². The summed E-state index contributed by atoms with van der Waals surface area (Å²) in [5.74, 6) is 0.365. The van der Waals surface area contributed by atoms with Crippen molar-refractivity contribution in [3.05, 3.63) is 54.1 Å². The standard InChI is InChI=1S/C17H14F3NO3/c1-10-15(24-14-8-3-2-7-13(14)23-10)16(22)21-12-6-4-5-11(9-12)17(18,19)20/h2-10,15H,1H3,(H,21,22)/t10-,15+/m1/s1. The van der Waals surface area contributed by atoms with Gasteiger partial charge in [0.25, 0.3) is 5.91 Å². The maximum Gasteiger partial charge on any atom is 0.416 e. The Morgan fingerprint density at radius 1 is 1.04 bits per heavy atom. The Morgan fingerprint density at radius 2 is 1.71 bits per heavy atom. The molecule has 0 bridgehead atoms. The predicted molar refractivity (Wildman–Crippen MR) is 81.0 cm³/mol. The first kappa shape index (κ1) is 16.2. The first-order valence-electron chi connectivity index (χ1n) is 7.25. The van der Waals surface area contributed by atoms with Crippen LogP contribution in [0.25, 0.3) is 0 Å². The third kappa shape index (κ3) is 3.29. The molecule has 4 nitrogen and oxygen atoms in total. The van der Waals surface area contributed by atoms with E-state index in [0.29, 0.717) is 11.5 Å². The Morgan fingerprint density at radius 3 is 2.38 bits per heavy atom. The van der Waals surface area contributed by atoms with E-state index < -0.39 is 29.9 Å². The second-order valence-electron chi connectivity index (χ2n) is 5.38. The van der Waals surface area contributed by atoms with Gasteiger partial charge in [-0.1, -0.05) is 18.2 Å². The molecule has 0 radical (unpaired) electrons. The van der Waals surface area contributed by atoms with Crippen molar-refractivity contribution in [2.75, 3.05) is 5.32 Å². The lowest BCUT2D eigenvalue weighted by Gasteiger charge is -2.31. The third-order valence-electron chi connectivity index (χ3n) is 3.56. The van der Waals surface area contributed by atoms with E-state index in [1.165, 1.54) is 12.1 Å². The quantitative estimate of drug-likeness (QED) is 0.905. The number of hydrogen-bond donors (Lipinski definition) is 1. The van der Waals surface area contributed by atoms with Gasteiger partial charge in [-0.05, 0) is 37.3 Å². The zero-order valence-electron chi connectivity index (χ0n) is 12.6. The van der Waals surface area contributed by atoms with E-state index in [2.05, 4.69) is 5.32 Å². The molecule has 0 saturated heterocycles. The molecule has 3 rings (SSSR count). The fourth-order valence-corrected chi connectivity index (χ4v) is 2.39. The van der Waals surface area contributed by atoms with Crippen molar-refractivity contribution < 1.29 is 27.4 Å². The van der Waals surface area contributed by atoms with E-state index in [1.54, 1.807) is 31.2 Å². The molecule has 0 spiro atoms. The fraction of sp³-hybridized carbons (Fsp3) is 0.235. The van der Waals surface area contributed by atoms with Gasteiger partial charge in [-0.3, -0.25) is 4.79 Å². The fourth-order valence-electron chi connectivity index (χ4n) is 2.39. The summed E-state index contributed by atoms with van der Waals surface area (Å²) in [6.07, 6.45) is -6.02. The number of benzene rings is 2. The Labute approximate surface area is 136 Å². The molecular formula is C17H14F3NO3. The molecule has 0 aliphatic carbocycles. The van der Waals surface area contributed by atoms with Crippen molar-refractivity contribution in [1.82, 2.24) is 0 Å².